The van der Waals surface area contributed by atoms with Crippen molar-refractivity contribution in [1.82, 2.24) is 0 Å². The van der Waals surface area contributed by atoms with E-state index in [2.05, 4.69) is 117 Å². The first kappa shape index (κ1) is 31.7. The lowest BCUT2D eigenvalue weighted by Gasteiger charge is -2.39. The maximum atomic E-state index is 5.94. The Balaban J connectivity index is 0.00000612. The Morgan fingerprint density at radius 3 is 1.89 bits per heavy atom. The Labute approximate surface area is 226 Å². The Kier molecular flexibility index (Phi) is 12.0. The van der Waals surface area contributed by atoms with Crippen LogP contribution in [0.15, 0.2) is 54.6 Å². The molecular weight excluding hydrogens is 498 g/mol. The molecule has 0 atom stereocenters. The number of halogens is 1. The van der Waals surface area contributed by atoms with Gasteiger partial charge in [-0.3, -0.25) is 0 Å². The molecular formula is C31H50BrNO2. The van der Waals surface area contributed by atoms with Crippen molar-refractivity contribution in [3.05, 3.63) is 65.7 Å². The first-order chi connectivity index (χ1) is 15.7. The van der Waals surface area contributed by atoms with Crippen molar-refractivity contribution in [1.29, 1.82) is 0 Å². The van der Waals surface area contributed by atoms with Gasteiger partial charge in [0, 0.05) is 5.56 Å². The molecule has 0 heterocycles. The molecule has 35 heavy (non-hydrogen) atoms. The molecule has 2 aromatic carbocycles. The van der Waals surface area contributed by atoms with Crippen LogP contribution in [0, 0.1) is 10.8 Å². The van der Waals surface area contributed by atoms with Gasteiger partial charge in [-0.2, -0.15) is 0 Å². The van der Waals surface area contributed by atoms with E-state index in [1.54, 1.807) is 0 Å². The van der Waals surface area contributed by atoms with Crippen molar-refractivity contribution in [3.63, 3.8) is 0 Å². The molecule has 0 aliphatic heterocycles. The number of likely N-dealkylation sites (N-methyl/N-ethyl adjacent to an activating group) is 1. The summed E-state index contributed by atoms with van der Waals surface area (Å²) in [6, 6.07) is 19.3. The van der Waals surface area contributed by atoms with Crippen LogP contribution >= 0.6 is 0 Å². The number of rotatable bonds is 13. The molecule has 2 rings (SSSR count). The van der Waals surface area contributed by atoms with Gasteiger partial charge in [0.15, 0.2) is 0 Å². The van der Waals surface area contributed by atoms with Crippen LogP contribution in [0.1, 0.15) is 72.4 Å². The highest BCUT2D eigenvalue weighted by Gasteiger charge is 2.33. The Hall–Kier alpha value is -1.36. The molecule has 0 spiro atoms. The van der Waals surface area contributed by atoms with Crippen molar-refractivity contribution in [3.8, 4) is 5.75 Å². The van der Waals surface area contributed by atoms with Crippen molar-refractivity contribution in [2.75, 3.05) is 40.5 Å². The second kappa shape index (κ2) is 13.3. The predicted molar refractivity (Wildman–Crippen MR) is 145 cm³/mol. The molecule has 0 bridgehead atoms. The number of benzene rings is 2. The lowest BCUT2D eigenvalue weighted by molar-refractivity contribution is -0.904. The summed E-state index contributed by atoms with van der Waals surface area (Å²) >= 11 is 0. The van der Waals surface area contributed by atoms with Crippen molar-refractivity contribution >= 4 is 0 Å². The fraction of sp³-hybridized carbons (Fsp3) is 0.613. The van der Waals surface area contributed by atoms with E-state index in [0.29, 0.717) is 24.0 Å². The molecule has 2 aromatic rings. The highest BCUT2D eigenvalue weighted by atomic mass is 79.9. The molecule has 0 aromatic heterocycles. The van der Waals surface area contributed by atoms with E-state index in [0.717, 1.165) is 36.3 Å². The zero-order valence-electron chi connectivity index (χ0n) is 23.8. The fourth-order valence-corrected chi connectivity index (χ4v) is 5.59. The first-order valence-corrected chi connectivity index (χ1v) is 12.8. The Bertz CT molecular complexity index is 852. The van der Waals surface area contributed by atoms with Gasteiger partial charge in [-0.05, 0) is 46.8 Å². The fourth-order valence-electron chi connectivity index (χ4n) is 5.59. The minimum Gasteiger partial charge on any atom is -1.00 e. The lowest BCUT2D eigenvalue weighted by atomic mass is 9.66. The van der Waals surface area contributed by atoms with Crippen LogP contribution in [0.25, 0.3) is 0 Å². The van der Waals surface area contributed by atoms with Gasteiger partial charge in [0.1, 0.15) is 25.4 Å². The Morgan fingerprint density at radius 2 is 1.31 bits per heavy atom. The van der Waals surface area contributed by atoms with E-state index in [9.17, 15) is 0 Å². The topological polar surface area (TPSA) is 18.5 Å². The highest BCUT2D eigenvalue weighted by molar-refractivity contribution is 5.31. The smallest absolute Gasteiger partial charge is 0.119 e. The molecule has 0 aliphatic rings. The maximum absolute atomic E-state index is 5.94. The zero-order chi connectivity index (χ0) is 25.5. The number of quaternary nitrogens is 1. The molecule has 0 radical (unpaired) electrons. The third-order valence-electron chi connectivity index (χ3n) is 6.36. The van der Waals surface area contributed by atoms with Crippen LogP contribution in [0.2, 0.25) is 0 Å². The van der Waals surface area contributed by atoms with E-state index >= 15 is 0 Å². The lowest BCUT2D eigenvalue weighted by Crippen LogP contribution is -3.00. The average Bonchev–Trinajstić information content (AvgIpc) is 2.68. The molecule has 3 nitrogen and oxygen atoms in total. The number of ether oxygens (including phenoxy) is 2. The largest absolute Gasteiger partial charge is 1.00 e. The third kappa shape index (κ3) is 12.4. The minimum absolute atomic E-state index is 0. The summed E-state index contributed by atoms with van der Waals surface area (Å²) in [6.45, 7) is 20.4. The average molecular weight is 549 g/mol. The normalized spacial score (nSPS) is 12.8. The Morgan fingerprint density at radius 1 is 0.714 bits per heavy atom. The second-order valence-electron chi connectivity index (χ2n) is 13.3. The molecule has 0 amide bonds. The van der Waals surface area contributed by atoms with Crippen molar-refractivity contribution in [2.45, 2.75) is 73.3 Å². The van der Waals surface area contributed by atoms with E-state index in [4.69, 9.17) is 9.47 Å². The summed E-state index contributed by atoms with van der Waals surface area (Å²) in [5.74, 6) is 0.914. The molecule has 0 N–H and O–H groups in total. The standard InChI is InChI=1S/C31H50NO2.BrH/c1-29(2,3)24-30(4,5)25-31(6,7)27-15-17-28(18-16-27)34-22-21-33-20-19-32(8,9)23-26-13-11-10-12-14-26;/h10-18H,19-25H2,1-9H3;1H/q+1;/p-1. The molecule has 0 saturated carbocycles. The molecule has 198 valence electrons. The molecule has 0 saturated heterocycles. The van der Waals surface area contributed by atoms with Crippen LogP contribution in [-0.2, 0) is 16.7 Å². The number of hydrogen-bond acceptors (Lipinski definition) is 2. The second-order valence-corrected chi connectivity index (χ2v) is 13.3. The van der Waals surface area contributed by atoms with Gasteiger partial charge in [-0.1, -0.05) is 90.9 Å². The monoisotopic (exact) mass is 547 g/mol. The summed E-state index contributed by atoms with van der Waals surface area (Å²) in [4.78, 5) is 0. The molecule has 0 unspecified atom stereocenters. The van der Waals surface area contributed by atoms with Gasteiger partial charge in [0.25, 0.3) is 0 Å². The summed E-state index contributed by atoms with van der Waals surface area (Å²) < 4.78 is 12.7. The minimum atomic E-state index is 0. The summed E-state index contributed by atoms with van der Waals surface area (Å²) in [6.07, 6.45) is 2.37. The van der Waals surface area contributed by atoms with Gasteiger partial charge in [0.05, 0.1) is 27.3 Å². The van der Waals surface area contributed by atoms with Gasteiger partial charge in [0.2, 0.25) is 0 Å². The summed E-state index contributed by atoms with van der Waals surface area (Å²) in [7, 11) is 4.50. The highest BCUT2D eigenvalue weighted by Crippen LogP contribution is 2.43. The van der Waals surface area contributed by atoms with E-state index < -0.39 is 0 Å². The van der Waals surface area contributed by atoms with Gasteiger partial charge < -0.3 is 30.9 Å². The van der Waals surface area contributed by atoms with Crippen molar-refractivity contribution in [2.24, 2.45) is 10.8 Å². The number of hydrogen-bond donors (Lipinski definition) is 0. The van der Waals surface area contributed by atoms with Gasteiger partial charge >= 0.3 is 0 Å². The van der Waals surface area contributed by atoms with Gasteiger partial charge in [-0.15, -0.1) is 0 Å². The van der Waals surface area contributed by atoms with Gasteiger partial charge in [-0.25, -0.2) is 0 Å². The van der Waals surface area contributed by atoms with Crippen LogP contribution in [0.3, 0.4) is 0 Å². The van der Waals surface area contributed by atoms with Crippen LogP contribution in [0.5, 0.6) is 5.75 Å². The summed E-state index contributed by atoms with van der Waals surface area (Å²) in [5.41, 5.74) is 3.50. The van der Waals surface area contributed by atoms with E-state index in [-0.39, 0.29) is 22.4 Å². The van der Waals surface area contributed by atoms with Crippen LogP contribution in [-0.4, -0.2) is 44.9 Å². The van der Waals surface area contributed by atoms with E-state index in [1.165, 1.54) is 17.5 Å². The third-order valence-corrected chi connectivity index (χ3v) is 6.36. The maximum Gasteiger partial charge on any atom is 0.119 e. The SMILES string of the molecule is CC(C)(C)CC(C)(C)CC(C)(C)c1ccc(OCCOCC[N+](C)(C)Cc2ccccc2)cc1.[Br-]. The quantitative estimate of drug-likeness (QED) is 0.271. The molecule has 0 aliphatic carbocycles. The zero-order valence-corrected chi connectivity index (χ0v) is 25.4. The molecule has 0 fully saturated rings. The van der Waals surface area contributed by atoms with Crippen LogP contribution in [0.4, 0.5) is 0 Å². The van der Waals surface area contributed by atoms with E-state index in [1.807, 2.05) is 0 Å². The number of nitrogens with zero attached hydrogens (tertiary/aromatic N) is 1. The predicted octanol–water partition coefficient (Wildman–Crippen LogP) is 4.49. The molecule has 4 heteroatoms. The summed E-state index contributed by atoms with van der Waals surface area (Å²) in [5, 5.41) is 0. The first-order valence-electron chi connectivity index (χ1n) is 12.8. The van der Waals surface area contributed by atoms with Crippen molar-refractivity contribution < 1.29 is 30.9 Å². The van der Waals surface area contributed by atoms with Crippen LogP contribution < -0.4 is 21.7 Å².